The van der Waals surface area contributed by atoms with Gasteiger partial charge in [-0.05, 0) is 49.4 Å². The van der Waals surface area contributed by atoms with E-state index in [2.05, 4.69) is 20.1 Å². The molecule has 1 aliphatic rings. The van der Waals surface area contributed by atoms with Crippen LogP contribution in [0.25, 0.3) is 11.3 Å². The van der Waals surface area contributed by atoms with Gasteiger partial charge in [-0.1, -0.05) is 17.7 Å². The second kappa shape index (κ2) is 9.09. The molecule has 0 saturated carbocycles. The number of piperazine rings is 1. The number of amides is 1. The molecule has 0 radical (unpaired) electrons. The van der Waals surface area contributed by atoms with Crippen LogP contribution in [-0.2, 0) is 4.79 Å². The Labute approximate surface area is 180 Å². The molecule has 4 rings (SSSR count). The molecule has 0 spiro atoms. The van der Waals surface area contributed by atoms with E-state index in [-0.39, 0.29) is 5.91 Å². The number of pyridine rings is 1. The van der Waals surface area contributed by atoms with Crippen molar-refractivity contribution in [3.8, 4) is 17.0 Å². The fourth-order valence-corrected chi connectivity index (χ4v) is 3.56. The molecule has 0 bridgehead atoms. The van der Waals surface area contributed by atoms with Crippen molar-refractivity contribution in [3.05, 3.63) is 65.9 Å². The molecule has 7 nitrogen and oxygen atoms in total. The van der Waals surface area contributed by atoms with Gasteiger partial charge in [0, 0.05) is 49.2 Å². The van der Waals surface area contributed by atoms with Crippen LogP contribution in [0.2, 0.25) is 5.02 Å². The van der Waals surface area contributed by atoms with Crippen molar-refractivity contribution >= 4 is 23.3 Å². The number of benzene rings is 1. The lowest BCUT2D eigenvalue weighted by molar-refractivity contribution is -0.138. The van der Waals surface area contributed by atoms with Crippen LogP contribution in [0, 0.1) is 0 Å². The molecule has 154 valence electrons. The molecule has 8 heteroatoms. The standard InChI is InChI=1S/C22H22ClN5O2/c1-16(30-19-4-2-3-18(23)15-19)22(29)28-13-11-27(12-14-28)21-6-5-20(25-26-21)17-7-9-24-10-8-17/h2-10,15-16H,11-14H2,1H3. The minimum absolute atomic E-state index is 0.0336. The Balaban J connectivity index is 1.32. The molecule has 0 N–H and O–H groups in total. The zero-order valence-electron chi connectivity index (χ0n) is 16.6. The number of carbonyl (C=O) groups excluding carboxylic acids is 1. The molecule has 1 atom stereocenters. The van der Waals surface area contributed by atoms with Crippen molar-refractivity contribution in [1.82, 2.24) is 20.1 Å². The van der Waals surface area contributed by atoms with E-state index in [1.165, 1.54) is 0 Å². The second-order valence-electron chi connectivity index (χ2n) is 7.04. The largest absolute Gasteiger partial charge is 0.481 e. The maximum absolute atomic E-state index is 12.7. The van der Waals surface area contributed by atoms with Gasteiger partial charge in [-0.2, -0.15) is 0 Å². The van der Waals surface area contributed by atoms with Gasteiger partial charge in [0.1, 0.15) is 5.75 Å². The van der Waals surface area contributed by atoms with Crippen LogP contribution < -0.4 is 9.64 Å². The van der Waals surface area contributed by atoms with Crippen LogP contribution in [-0.4, -0.2) is 58.3 Å². The Kier molecular flexibility index (Phi) is 6.09. The maximum atomic E-state index is 12.7. The van der Waals surface area contributed by atoms with Gasteiger partial charge >= 0.3 is 0 Å². The van der Waals surface area contributed by atoms with Crippen LogP contribution in [0.4, 0.5) is 5.82 Å². The summed E-state index contributed by atoms with van der Waals surface area (Å²) in [7, 11) is 0. The minimum atomic E-state index is -0.575. The predicted octanol–water partition coefficient (Wildman–Crippen LogP) is 3.31. The molecule has 3 aromatic rings. The molecule has 1 amide bonds. The zero-order chi connectivity index (χ0) is 20.9. The molecule has 0 aliphatic carbocycles. The van der Waals surface area contributed by atoms with Gasteiger partial charge in [0.25, 0.3) is 5.91 Å². The van der Waals surface area contributed by atoms with E-state index >= 15 is 0 Å². The molecule has 1 aliphatic heterocycles. The smallest absolute Gasteiger partial charge is 0.263 e. The first-order valence-corrected chi connectivity index (χ1v) is 10.2. The number of anilines is 1. The number of nitrogens with zero attached hydrogens (tertiary/aromatic N) is 5. The van der Waals surface area contributed by atoms with Gasteiger partial charge in [0.2, 0.25) is 0 Å². The van der Waals surface area contributed by atoms with Crippen LogP contribution in [0.15, 0.2) is 60.9 Å². The van der Waals surface area contributed by atoms with Crippen LogP contribution in [0.5, 0.6) is 5.75 Å². The predicted molar refractivity (Wildman–Crippen MR) is 116 cm³/mol. The van der Waals surface area contributed by atoms with E-state index in [1.54, 1.807) is 43.6 Å². The van der Waals surface area contributed by atoms with Gasteiger partial charge < -0.3 is 14.5 Å². The summed E-state index contributed by atoms with van der Waals surface area (Å²) in [4.78, 5) is 20.7. The number of halogens is 1. The molecule has 30 heavy (non-hydrogen) atoms. The Morgan fingerprint density at radius 3 is 2.47 bits per heavy atom. The first-order chi connectivity index (χ1) is 14.6. The van der Waals surface area contributed by atoms with Gasteiger partial charge in [-0.15, -0.1) is 10.2 Å². The quantitative estimate of drug-likeness (QED) is 0.627. The van der Waals surface area contributed by atoms with Crippen molar-refractivity contribution in [2.24, 2.45) is 0 Å². The number of ether oxygens (including phenoxy) is 1. The molecule has 1 aromatic carbocycles. The summed E-state index contributed by atoms with van der Waals surface area (Å²) in [5, 5.41) is 9.27. The van der Waals surface area contributed by atoms with E-state index in [0.717, 1.165) is 17.1 Å². The molecule has 3 heterocycles. The Bertz CT molecular complexity index is 992. The highest BCUT2D eigenvalue weighted by molar-refractivity contribution is 6.30. The van der Waals surface area contributed by atoms with E-state index in [9.17, 15) is 4.79 Å². The van der Waals surface area contributed by atoms with Crippen molar-refractivity contribution in [2.45, 2.75) is 13.0 Å². The molecule has 1 saturated heterocycles. The van der Waals surface area contributed by atoms with Gasteiger partial charge in [-0.25, -0.2) is 0 Å². The Hall–Kier alpha value is -3.19. The maximum Gasteiger partial charge on any atom is 0.263 e. The highest BCUT2D eigenvalue weighted by atomic mass is 35.5. The van der Waals surface area contributed by atoms with Crippen LogP contribution in [0.1, 0.15) is 6.92 Å². The molecule has 1 unspecified atom stereocenters. The lowest BCUT2D eigenvalue weighted by Gasteiger charge is -2.36. The summed E-state index contributed by atoms with van der Waals surface area (Å²) in [6.45, 7) is 4.36. The monoisotopic (exact) mass is 423 g/mol. The van der Waals surface area contributed by atoms with Crippen LogP contribution >= 0.6 is 11.6 Å². The normalized spacial score (nSPS) is 15.0. The van der Waals surface area contributed by atoms with Crippen molar-refractivity contribution in [2.75, 3.05) is 31.1 Å². The zero-order valence-corrected chi connectivity index (χ0v) is 17.4. The van der Waals surface area contributed by atoms with Crippen molar-refractivity contribution in [3.63, 3.8) is 0 Å². The molecule has 2 aromatic heterocycles. The van der Waals surface area contributed by atoms with Gasteiger partial charge in [-0.3, -0.25) is 9.78 Å². The SMILES string of the molecule is CC(Oc1cccc(Cl)c1)C(=O)N1CCN(c2ccc(-c3ccncc3)nn2)CC1. The summed E-state index contributed by atoms with van der Waals surface area (Å²) < 4.78 is 5.76. The van der Waals surface area contributed by atoms with E-state index in [0.29, 0.717) is 37.0 Å². The summed E-state index contributed by atoms with van der Waals surface area (Å²) in [6.07, 6.45) is 2.89. The summed E-state index contributed by atoms with van der Waals surface area (Å²) in [5.74, 6) is 1.36. The van der Waals surface area contributed by atoms with Gasteiger partial charge in [0.05, 0.1) is 5.69 Å². The fourth-order valence-electron chi connectivity index (χ4n) is 3.38. The number of carbonyl (C=O) groups is 1. The van der Waals surface area contributed by atoms with E-state index in [1.807, 2.05) is 29.2 Å². The summed E-state index contributed by atoms with van der Waals surface area (Å²) in [5.41, 5.74) is 1.79. The first kappa shape index (κ1) is 20.1. The third-order valence-corrected chi connectivity index (χ3v) is 5.23. The number of hydrogen-bond donors (Lipinski definition) is 0. The summed E-state index contributed by atoms with van der Waals surface area (Å²) >= 11 is 5.98. The minimum Gasteiger partial charge on any atom is -0.481 e. The highest BCUT2D eigenvalue weighted by Crippen LogP contribution is 2.21. The first-order valence-electron chi connectivity index (χ1n) is 9.80. The lowest BCUT2D eigenvalue weighted by Crippen LogP contribution is -2.52. The third-order valence-electron chi connectivity index (χ3n) is 5.00. The average molecular weight is 424 g/mol. The van der Waals surface area contributed by atoms with Crippen molar-refractivity contribution in [1.29, 1.82) is 0 Å². The van der Waals surface area contributed by atoms with Crippen LogP contribution in [0.3, 0.4) is 0 Å². The van der Waals surface area contributed by atoms with Gasteiger partial charge in [0.15, 0.2) is 11.9 Å². The lowest BCUT2D eigenvalue weighted by atomic mass is 10.2. The summed E-state index contributed by atoms with van der Waals surface area (Å²) in [6, 6.07) is 14.8. The average Bonchev–Trinajstić information content (AvgIpc) is 2.79. The fraction of sp³-hybridized carbons (Fsp3) is 0.273. The second-order valence-corrected chi connectivity index (χ2v) is 7.48. The third kappa shape index (κ3) is 4.68. The molecule has 1 fully saturated rings. The number of rotatable bonds is 5. The Morgan fingerprint density at radius 1 is 1.03 bits per heavy atom. The van der Waals surface area contributed by atoms with Crippen molar-refractivity contribution < 1.29 is 9.53 Å². The van der Waals surface area contributed by atoms with E-state index < -0.39 is 6.10 Å². The number of aromatic nitrogens is 3. The number of hydrogen-bond acceptors (Lipinski definition) is 6. The highest BCUT2D eigenvalue weighted by Gasteiger charge is 2.26. The molecular weight excluding hydrogens is 402 g/mol. The molecular formula is C22H22ClN5O2. The topological polar surface area (TPSA) is 71.5 Å². The van der Waals surface area contributed by atoms with E-state index in [4.69, 9.17) is 16.3 Å². The Morgan fingerprint density at radius 2 is 1.80 bits per heavy atom.